The number of hydrogen-bond donors (Lipinski definition) is 0. The Labute approximate surface area is 116 Å². The summed E-state index contributed by atoms with van der Waals surface area (Å²) in [6.45, 7) is 13.5. The van der Waals surface area contributed by atoms with Gasteiger partial charge in [0.25, 0.3) is 0 Å². The monoisotopic (exact) mass is 270 g/mol. The first kappa shape index (κ1) is 17.7. The minimum atomic E-state index is -1.30. The van der Waals surface area contributed by atoms with Gasteiger partial charge in [-0.25, -0.2) is 0 Å². The summed E-state index contributed by atoms with van der Waals surface area (Å²) in [4.78, 5) is 24.1. The molecule has 0 aromatic heterocycles. The van der Waals surface area contributed by atoms with E-state index in [4.69, 9.17) is 9.47 Å². The molecule has 0 fully saturated rings. The Bertz CT molecular complexity index is 294. The molecule has 0 radical (unpaired) electrons. The van der Waals surface area contributed by atoms with Gasteiger partial charge in [-0.15, -0.1) is 6.58 Å². The summed E-state index contributed by atoms with van der Waals surface area (Å²) in [6.07, 6.45) is 1.74. The maximum Gasteiger partial charge on any atom is 0.323 e. The van der Waals surface area contributed by atoms with Gasteiger partial charge in [-0.2, -0.15) is 0 Å². The molecular weight excluding hydrogens is 244 g/mol. The molecule has 0 aliphatic heterocycles. The van der Waals surface area contributed by atoms with Gasteiger partial charge in [0, 0.05) is 0 Å². The van der Waals surface area contributed by atoms with E-state index in [0.29, 0.717) is 13.2 Å². The van der Waals surface area contributed by atoms with Crippen molar-refractivity contribution in [3.05, 3.63) is 12.7 Å². The van der Waals surface area contributed by atoms with Crippen LogP contribution in [0.5, 0.6) is 0 Å². The van der Waals surface area contributed by atoms with Crippen molar-refractivity contribution < 1.29 is 19.1 Å². The number of carbonyl (C=O) groups is 2. The van der Waals surface area contributed by atoms with Crippen LogP contribution in [-0.4, -0.2) is 25.2 Å². The number of allylic oxidation sites excluding steroid dienone is 1. The van der Waals surface area contributed by atoms with E-state index in [9.17, 15) is 9.59 Å². The molecule has 0 rings (SSSR count). The highest BCUT2D eigenvalue weighted by Gasteiger charge is 2.43. The lowest BCUT2D eigenvalue weighted by Gasteiger charge is -2.25. The maximum absolute atomic E-state index is 12.1. The van der Waals surface area contributed by atoms with Crippen molar-refractivity contribution in [2.45, 2.75) is 41.0 Å². The largest absolute Gasteiger partial charge is 0.465 e. The molecule has 0 spiro atoms. The fraction of sp³-hybridized carbons (Fsp3) is 0.733. The highest BCUT2D eigenvalue weighted by Crippen LogP contribution is 2.26. The molecule has 19 heavy (non-hydrogen) atoms. The number of ether oxygens (including phenoxy) is 2. The summed E-state index contributed by atoms with van der Waals surface area (Å²) in [7, 11) is 0. The van der Waals surface area contributed by atoms with Crippen LogP contribution in [0.25, 0.3) is 0 Å². The van der Waals surface area contributed by atoms with E-state index in [1.165, 1.54) is 6.08 Å². The number of hydrogen-bond acceptors (Lipinski definition) is 4. The molecule has 0 heterocycles. The Morgan fingerprint density at radius 3 is 1.68 bits per heavy atom. The second-order valence-corrected chi connectivity index (χ2v) is 5.81. The molecule has 0 aromatic rings. The van der Waals surface area contributed by atoms with E-state index < -0.39 is 17.4 Å². The fourth-order valence-corrected chi connectivity index (χ4v) is 1.34. The normalized spacial score (nSPS) is 11.5. The molecular formula is C15H26O4. The average Bonchev–Trinajstić information content (AvgIpc) is 2.32. The van der Waals surface area contributed by atoms with Crippen LogP contribution < -0.4 is 0 Å². The number of carbonyl (C=O) groups excluding carboxylic acids is 2. The smallest absolute Gasteiger partial charge is 0.323 e. The Hall–Kier alpha value is -1.32. The molecule has 0 saturated carbocycles. The topological polar surface area (TPSA) is 52.6 Å². The van der Waals surface area contributed by atoms with Gasteiger partial charge in [0.1, 0.15) is 0 Å². The lowest BCUT2D eigenvalue weighted by Crippen LogP contribution is -2.40. The van der Waals surface area contributed by atoms with E-state index >= 15 is 0 Å². The first-order valence-electron chi connectivity index (χ1n) is 6.69. The summed E-state index contributed by atoms with van der Waals surface area (Å²) < 4.78 is 10.3. The van der Waals surface area contributed by atoms with Crippen LogP contribution >= 0.6 is 0 Å². The standard InChI is InChI=1S/C15H26O4/c1-7-8-15(6,13(16)18-9-11(2)3)14(17)19-10-12(4)5/h7,11-12H,1,8-10H2,2-6H3. The third kappa shape index (κ3) is 5.90. The van der Waals surface area contributed by atoms with E-state index in [1.807, 2.05) is 27.7 Å². The number of rotatable bonds is 8. The second-order valence-electron chi connectivity index (χ2n) is 5.81. The summed E-state index contributed by atoms with van der Waals surface area (Å²) in [5.74, 6) is -0.642. The minimum Gasteiger partial charge on any atom is -0.465 e. The van der Waals surface area contributed by atoms with Crippen LogP contribution in [0.15, 0.2) is 12.7 Å². The predicted molar refractivity (Wildman–Crippen MR) is 74.5 cm³/mol. The highest BCUT2D eigenvalue weighted by molar-refractivity contribution is 5.99. The van der Waals surface area contributed by atoms with E-state index in [1.54, 1.807) is 6.92 Å². The van der Waals surface area contributed by atoms with E-state index in [2.05, 4.69) is 6.58 Å². The average molecular weight is 270 g/mol. The van der Waals surface area contributed by atoms with Crippen LogP contribution in [0.2, 0.25) is 0 Å². The Morgan fingerprint density at radius 1 is 1.05 bits per heavy atom. The molecule has 0 saturated heterocycles. The van der Waals surface area contributed by atoms with E-state index in [0.717, 1.165) is 0 Å². The molecule has 4 nitrogen and oxygen atoms in total. The Morgan fingerprint density at radius 2 is 1.42 bits per heavy atom. The van der Waals surface area contributed by atoms with Crippen molar-refractivity contribution in [2.75, 3.05) is 13.2 Å². The highest BCUT2D eigenvalue weighted by atomic mass is 16.6. The van der Waals surface area contributed by atoms with Crippen molar-refractivity contribution in [2.24, 2.45) is 17.3 Å². The zero-order valence-corrected chi connectivity index (χ0v) is 12.7. The Kier molecular flexibility index (Phi) is 7.42. The lowest BCUT2D eigenvalue weighted by molar-refractivity contribution is -0.172. The van der Waals surface area contributed by atoms with Gasteiger partial charge in [-0.05, 0) is 25.2 Å². The van der Waals surface area contributed by atoms with E-state index in [-0.39, 0.29) is 18.3 Å². The van der Waals surface area contributed by atoms with Gasteiger partial charge in [-0.3, -0.25) is 9.59 Å². The number of esters is 2. The molecule has 0 atom stereocenters. The van der Waals surface area contributed by atoms with Gasteiger partial charge < -0.3 is 9.47 Å². The van der Waals surface area contributed by atoms with Crippen LogP contribution in [0.4, 0.5) is 0 Å². The first-order chi connectivity index (χ1) is 8.74. The minimum absolute atomic E-state index is 0.209. The third-order valence-electron chi connectivity index (χ3n) is 2.55. The van der Waals surface area contributed by atoms with Crippen molar-refractivity contribution in [3.63, 3.8) is 0 Å². The third-order valence-corrected chi connectivity index (χ3v) is 2.55. The summed E-state index contributed by atoms with van der Waals surface area (Å²) >= 11 is 0. The van der Waals surface area contributed by atoms with Crippen molar-refractivity contribution in [1.82, 2.24) is 0 Å². The molecule has 4 heteroatoms. The molecule has 0 N–H and O–H groups in total. The summed E-state index contributed by atoms with van der Waals surface area (Å²) in [6, 6.07) is 0. The summed E-state index contributed by atoms with van der Waals surface area (Å²) in [5.41, 5.74) is -1.30. The van der Waals surface area contributed by atoms with Gasteiger partial charge in [0.15, 0.2) is 5.41 Å². The molecule has 0 aliphatic carbocycles. The van der Waals surface area contributed by atoms with Crippen LogP contribution in [0, 0.1) is 17.3 Å². The predicted octanol–water partition coefficient (Wildman–Crippen LogP) is 2.97. The zero-order chi connectivity index (χ0) is 15.1. The quantitative estimate of drug-likeness (QED) is 0.386. The first-order valence-corrected chi connectivity index (χ1v) is 6.69. The zero-order valence-electron chi connectivity index (χ0n) is 12.7. The van der Waals surface area contributed by atoms with Gasteiger partial charge in [0.05, 0.1) is 13.2 Å². The lowest BCUT2D eigenvalue weighted by atomic mass is 9.87. The van der Waals surface area contributed by atoms with Crippen LogP contribution in [0.3, 0.4) is 0 Å². The SMILES string of the molecule is C=CCC(C)(C(=O)OCC(C)C)C(=O)OCC(C)C. The molecule has 0 amide bonds. The summed E-state index contributed by atoms with van der Waals surface area (Å²) in [5, 5.41) is 0. The van der Waals surface area contributed by atoms with Crippen molar-refractivity contribution in [3.8, 4) is 0 Å². The maximum atomic E-state index is 12.1. The molecule has 0 unspecified atom stereocenters. The van der Waals surface area contributed by atoms with Crippen molar-refractivity contribution >= 4 is 11.9 Å². The molecule has 0 aromatic carbocycles. The molecule has 0 aliphatic rings. The van der Waals surface area contributed by atoms with Crippen LogP contribution in [-0.2, 0) is 19.1 Å². The van der Waals surface area contributed by atoms with Gasteiger partial charge in [0.2, 0.25) is 0 Å². The van der Waals surface area contributed by atoms with Gasteiger partial charge >= 0.3 is 11.9 Å². The second kappa shape index (κ2) is 7.97. The molecule has 0 bridgehead atoms. The fourth-order valence-electron chi connectivity index (χ4n) is 1.34. The van der Waals surface area contributed by atoms with Crippen LogP contribution in [0.1, 0.15) is 41.0 Å². The molecule has 110 valence electrons. The van der Waals surface area contributed by atoms with Gasteiger partial charge in [-0.1, -0.05) is 33.8 Å². The van der Waals surface area contributed by atoms with Crippen molar-refractivity contribution in [1.29, 1.82) is 0 Å². The Balaban J connectivity index is 4.76.